The van der Waals surface area contributed by atoms with Crippen molar-refractivity contribution in [3.63, 3.8) is 0 Å². The van der Waals surface area contributed by atoms with E-state index in [1.165, 1.54) is 42.4 Å². The molecule has 5 heteroatoms. The van der Waals surface area contributed by atoms with Crippen molar-refractivity contribution in [3.05, 3.63) is 168 Å². The third-order valence-corrected chi connectivity index (χ3v) is 29.4. The Morgan fingerprint density at radius 1 is 0.506 bits per heavy atom. The molecule has 0 radical (unpaired) electrons. The molecule has 1 saturated heterocycles. The zero-order valence-corrected chi connectivity index (χ0v) is 55.2. The Balaban J connectivity index is -0.000000290. The fourth-order valence-corrected chi connectivity index (χ4v) is 18.3. The first-order chi connectivity index (χ1) is 35.2. The summed E-state index contributed by atoms with van der Waals surface area (Å²) in [7, 11) is -2.81. The molecule has 0 aliphatic carbocycles. The average molecular weight is 1150 g/mol. The van der Waals surface area contributed by atoms with Crippen LogP contribution in [0.25, 0.3) is 0 Å². The second-order valence-electron chi connectivity index (χ2n) is 27.1. The number of carbonyl (C=O) groups is 1. The number of hydrogen-bond acceptors (Lipinski definition) is 3. The van der Waals surface area contributed by atoms with Gasteiger partial charge >= 0.3 is 5.97 Å². The first kappa shape index (κ1) is 85.8. The summed E-state index contributed by atoms with van der Waals surface area (Å²) in [6.07, 6.45) is 5.66. The van der Waals surface area contributed by atoms with E-state index in [2.05, 4.69) is 282 Å². The molecule has 6 rings (SSSR count). The molecule has 0 saturated carbocycles. The van der Waals surface area contributed by atoms with Gasteiger partial charge in [-0.25, -0.2) is 0 Å². The molecule has 5 aromatic rings. The van der Waals surface area contributed by atoms with Crippen LogP contribution < -0.4 is 10.4 Å². The minimum absolute atomic E-state index is 0. The van der Waals surface area contributed by atoms with Gasteiger partial charge in [-0.3, -0.25) is 4.79 Å². The third kappa shape index (κ3) is 28.4. The minimum atomic E-state index is -1.83. The highest BCUT2D eigenvalue weighted by molar-refractivity contribution is 7.05. The van der Waals surface area contributed by atoms with E-state index in [1.54, 1.807) is 10.4 Å². The summed E-state index contributed by atoms with van der Waals surface area (Å²) < 4.78 is 10.6. The van der Waals surface area contributed by atoms with Crippen molar-refractivity contribution in [2.45, 2.75) is 267 Å². The van der Waals surface area contributed by atoms with Gasteiger partial charge in [0.05, 0.1) is 20.1 Å². The fraction of sp³-hybridized carbons (Fsp3) is 0.592. The van der Waals surface area contributed by atoms with Crippen LogP contribution in [0.15, 0.2) is 152 Å². The van der Waals surface area contributed by atoms with E-state index in [0.29, 0.717) is 28.5 Å². The lowest BCUT2D eigenvalue weighted by Gasteiger charge is -2.47. The average Bonchev–Trinajstić information content (AvgIpc) is 3.35. The number of rotatable bonds is 11. The van der Waals surface area contributed by atoms with E-state index in [-0.39, 0.29) is 65.1 Å². The van der Waals surface area contributed by atoms with Crippen LogP contribution in [0, 0.1) is 23.7 Å². The van der Waals surface area contributed by atoms with Crippen molar-refractivity contribution in [3.8, 4) is 0 Å². The van der Waals surface area contributed by atoms with Crippen LogP contribution in [-0.2, 0) is 26.1 Å². The lowest BCUT2D eigenvalue weighted by Crippen LogP contribution is -2.66. The monoisotopic (exact) mass is 1150 g/mol. The summed E-state index contributed by atoms with van der Waals surface area (Å²) in [5.41, 5.74) is 5.52. The predicted octanol–water partition coefficient (Wildman–Crippen LogP) is 23.3. The number of ether oxygens (including phenoxy) is 2. The van der Waals surface area contributed by atoms with Gasteiger partial charge in [0.15, 0.2) is 0 Å². The zero-order chi connectivity index (χ0) is 58.1. The van der Waals surface area contributed by atoms with Gasteiger partial charge < -0.3 is 9.47 Å². The van der Waals surface area contributed by atoms with Crippen molar-refractivity contribution in [2.24, 2.45) is 23.7 Å². The normalized spacial score (nSPS) is 13.3. The first-order valence-corrected chi connectivity index (χ1v) is 34.4. The summed E-state index contributed by atoms with van der Waals surface area (Å²) in [4.78, 5) is 10.9. The molecule has 1 aliphatic rings. The smallest absolute Gasteiger partial charge is 0.308 e. The Morgan fingerprint density at radius 3 is 1.07 bits per heavy atom. The van der Waals surface area contributed by atoms with Crippen molar-refractivity contribution in [2.75, 3.05) is 6.61 Å². The minimum Gasteiger partial charge on any atom is -0.460 e. The molecule has 1 unspecified atom stereocenters. The summed E-state index contributed by atoms with van der Waals surface area (Å²) >= 11 is 0. The Morgan fingerprint density at radius 2 is 0.864 bits per heavy atom. The number of hydrogen-bond donors (Lipinski definition) is 0. The highest BCUT2D eigenvalue weighted by Gasteiger charge is 2.49. The molecule has 1 aliphatic heterocycles. The van der Waals surface area contributed by atoms with Crippen molar-refractivity contribution < 1.29 is 14.3 Å². The number of benzene rings is 5. The maximum atomic E-state index is 10.9. The van der Waals surface area contributed by atoms with Crippen LogP contribution in [0.2, 0.25) is 34.3 Å². The molecule has 1 atom stereocenters. The van der Waals surface area contributed by atoms with Gasteiger partial charge in [-0.1, -0.05) is 349 Å². The Labute approximate surface area is 509 Å². The summed E-state index contributed by atoms with van der Waals surface area (Å²) in [5, 5.41) is 3.94. The van der Waals surface area contributed by atoms with E-state index in [4.69, 9.17) is 9.47 Å². The third-order valence-electron chi connectivity index (χ3n) is 16.1. The highest BCUT2D eigenvalue weighted by atomic mass is 28.3. The highest BCUT2D eigenvalue weighted by Crippen LogP contribution is 2.44. The Hall–Kier alpha value is -4.04. The van der Waals surface area contributed by atoms with Gasteiger partial charge in [0, 0.05) is 12.0 Å². The molecule has 0 spiro atoms. The van der Waals surface area contributed by atoms with Crippen LogP contribution >= 0.6 is 0 Å². The lowest BCUT2D eigenvalue weighted by atomic mass is 9.68. The topological polar surface area (TPSA) is 35.5 Å². The van der Waals surface area contributed by atoms with Crippen LogP contribution in [-0.4, -0.2) is 40.4 Å². The maximum absolute atomic E-state index is 10.9. The fourth-order valence-electron chi connectivity index (χ4n) is 10.0. The Bertz CT molecular complexity index is 2160. The van der Waals surface area contributed by atoms with Crippen LogP contribution in [0.3, 0.4) is 0 Å². The van der Waals surface area contributed by atoms with Crippen molar-refractivity contribution in [1.29, 1.82) is 0 Å². The SMILES string of the molecule is C.C.C.C.C.CC(C)C(=O)OC(C)(C)C.CC(C)C(C)(c1ccccc1)c1ccccc1.CC(C)C1CCCCO1.CC(C)Cc1ccccc1.CC(C)[Si](C)(C)C(C)(C)C.CC(C)[Si](c1ccccc1)(c1ccccc1)C(C)(C)C. The molecule has 0 aromatic heterocycles. The van der Waals surface area contributed by atoms with Crippen molar-refractivity contribution in [1.82, 2.24) is 0 Å². The molecular formula is C76H134O3Si2. The Kier molecular flexibility index (Phi) is 42.6. The van der Waals surface area contributed by atoms with E-state index in [1.807, 2.05) is 34.6 Å². The molecule has 1 heterocycles. The largest absolute Gasteiger partial charge is 0.460 e. The molecule has 0 N–H and O–H groups in total. The maximum Gasteiger partial charge on any atom is 0.308 e. The molecule has 5 aromatic carbocycles. The molecule has 81 heavy (non-hydrogen) atoms. The van der Waals surface area contributed by atoms with Gasteiger partial charge in [0.2, 0.25) is 0 Å². The van der Waals surface area contributed by atoms with E-state index >= 15 is 0 Å². The van der Waals surface area contributed by atoms with Crippen LogP contribution in [0.5, 0.6) is 0 Å². The summed E-state index contributed by atoms with van der Waals surface area (Å²) in [6, 6.07) is 54.5. The predicted molar refractivity (Wildman–Crippen MR) is 377 cm³/mol. The standard InChI is InChI=1S/C19H26Si.C17H20.C10H14.C9H22Si.C8H16O2.C8H16O.5CH4/c1-16(2)20(19(3,4)5,17-12-8-6-9-13-17)18-14-10-7-11-15-18;1-14(2)17(3,15-10-6-4-7-11-15)16-12-8-5-9-13-16;1-9(2)8-10-6-4-3-5-7-10;1-8(2)10(6,7)9(3,4)5;1-6(2)7(9)10-8(3,4)5;1-7(2)8-5-3-4-6-9-8;;;;;/h6-16H,1-5H3;4-14H,1-3H3;3-7,9H,8H2,1-2H3;8H,1-7H3;6H,1-5H3;7-8H,3-6H2,1-2H3;5*1H4. The van der Waals surface area contributed by atoms with E-state index in [0.717, 1.165) is 18.1 Å². The second-order valence-corrected chi connectivity index (χ2v) is 38.6. The van der Waals surface area contributed by atoms with E-state index < -0.39 is 16.1 Å². The van der Waals surface area contributed by atoms with E-state index in [9.17, 15) is 4.79 Å². The van der Waals surface area contributed by atoms with Crippen molar-refractivity contribution >= 4 is 32.5 Å². The van der Waals surface area contributed by atoms with Crippen LogP contribution in [0.1, 0.15) is 225 Å². The zero-order valence-electron chi connectivity index (χ0n) is 53.2. The molecule has 0 amide bonds. The first-order valence-electron chi connectivity index (χ1n) is 29.3. The van der Waals surface area contributed by atoms with Gasteiger partial charge in [-0.2, -0.15) is 0 Å². The summed E-state index contributed by atoms with van der Waals surface area (Å²) in [6.45, 7) is 55.0. The van der Waals surface area contributed by atoms with Gasteiger partial charge in [0.1, 0.15) is 13.7 Å². The van der Waals surface area contributed by atoms with Gasteiger partial charge in [0.25, 0.3) is 0 Å². The molecule has 3 nitrogen and oxygen atoms in total. The summed E-state index contributed by atoms with van der Waals surface area (Å²) in [5.74, 6) is 1.88. The lowest BCUT2D eigenvalue weighted by molar-refractivity contribution is -0.158. The number of esters is 1. The molecule has 1 fully saturated rings. The quantitative estimate of drug-likeness (QED) is 0.0977. The number of carbonyl (C=O) groups excluding carboxylic acids is 1. The molecule has 0 bridgehead atoms. The van der Waals surface area contributed by atoms with Gasteiger partial charge in [-0.05, 0) is 96.5 Å². The molecular weight excluding hydrogens is 1020 g/mol. The van der Waals surface area contributed by atoms with Crippen LogP contribution in [0.4, 0.5) is 0 Å². The molecule has 464 valence electrons. The second kappa shape index (κ2) is 40.3. The van der Waals surface area contributed by atoms with Gasteiger partial charge in [-0.15, -0.1) is 0 Å².